The zero-order valence-corrected chi connectivity index (χ0v) is 19.7. The minimum absolute atomic E-state index is 0.000328. The van der Waals surface area contributed by atoms with Crippen molar-refractivity contribution < 1.29 is 19.4 Å². The van der Waals surface area contributed by atoms with Gasteiger partial charge in [-0.05, 0) is 31.0 Å². The highest BCUT2D eigenvalue weighted by molar-refractivity contribution is 5.96. The Morgan fingerprint density at radius 1 is 1.11 bits per heavy atom. The number of aliphatic hydroxyl groups is 1. The van der Waals surface area contributed by atoms with Gasteiger partial charge in [-0.25, -0.2) is 9.78 Å². The van der Waals surface area contributed by atoms with Gasteiger partial charge < -0.3 is 9.84 Å². The van der Waals surface area contributed by atoms with Crippen molar-refractivity contribution in [3.05, 3.63) is 99.3 Å². The lowest BCUT2D eigenvalue weighted by Gasteiger charge is -2.32. The Hall–Kier alpha value is -4.10. The molecule has 1 N–H and O–H groups in total. The SMILES string of the molecule is CC[C@@]1(O)C(=O)OCc2c1cc1n(c2=O)C(CCC(=O)c2ccccc2)c2cc3ccccc3nc2-1. The minimum Gasteiger partial charge on any atom is -0.458 e. The number of pyridine rings is 2. The quantitative estimate of drug-likeness (QED) is 0.338. The number of carbonyl (C=O) groups excluding carboxylic acids is 2. The predicted octanol–water partition coefficient (Wildman–Crippen LogP) is 4.28. The first-order chi connectivity index (χ1) is 17.4. The topological polar surface area (TPSA) is 98.5 Å². The van der Waals surface area contributed by atoms with Crippen LogP contribution in [0.4, 0.5) is 0 Å². The summed E-state index contributed by atoms with van der Waals surface area (Å²) in [6.45, 7) is 1.48. The summed E-state index contributed by atoms with van der Waals surface area (Å²) in [6.07, 6.45) is 0.733. The summed E-state index contributed by atoms with van der Waals surface area (Å²) < 4.78 is 6.87. The third kappa shape index (κ3) is 3.23. The van der Waals surface area contributed by atoms with E-state index in [0.717, 1.165) is 16.5 Å². The van der Waals surface area contributed by atoms with Crippen molar-refractivity contribution in [1.82, 2.24) is 9.55 Å². The van der Waals surface area contributed by atoms with Crippen LogP contribution < -0.4 is 5.56 Å². The van der Waals surface area contributed by atoms with E-state index in [9.17, 15) is 19.5 Å². The highest BCUT2D eigenvalue weighted by atomic mass is 16.6. The molecule has 0 radical (unpaired) electrons. The molecule has 2 aliphatic rings. The second-order valence-electron chi connectivity index (χ2n) is 9.35. The summed E-state index contributed by atoms with van der Waals surface area (Å²) >= 11 is 0. The average molecular weight is 481 g/mol. The number of hydrogen-bond donors (Lipinski definition) is 1. The average Bonchev–Trinajstić information content (AvgIpc) is 3.21. The van der Waals surface area contributed by atoms with Crippen LogP contribution in [0.25, 0.3) is 22.3 Å². The molecule has 7 nitrogen and oxygen atoms in total. The molecule has 0 fully saturated rings. The molecule has 36 heavy (non-hydrogen) atoms. The fraction of sp³-hybridized carbons (Fsp3) is 0.241. The number of para-hydroxylation sites is 1. The summed E-state index contributed by atoms with van der Waals surface area (Å²) in [6, 6.07) is 20.1. The van der Waals surface area contributed by atoms with Gasteiger partial charge in [0.15, 0.2) is 11.4 Å². The van der Waals surface area contributed by atoms with Gasteiger partial charge in [0, 0.05) is 28.5 Å². The molecule has 0 saturated heterocycles. The lowest BCUT2D eigenvalue weighted by molar-refractivity contribution is -0.172. The van der Waals surface area contributed by atoms with Crippen LogP contribution in [0.2, 0.25) is 0 Å². The van der Waals surface area contributed by atoms with Crippen molar-refractivity contribution in [1.29, 1.82) is 0 Å². The maximum atomic E-state index is 13.9. The van der Waals surface area contributed by atoms with Crippen LogP contribution in [0.1, 0.15) is 59.3 Å². The van der Waals surface area contributed by atoms with E-state index in [2.05, 4.69) is 0 Å². The van der Waals surface area contributed by atoms with Gasteiger partial charge in [-0.1, -0.05) is 55.5 Å². The van der Waals surface area contributed by atoms with E-state index >= 15 is 0 Å². The molecule has 0 aliphatic carbocycles. The standard InChI is InChI=1S/C29H24N2O5/c1-2-29(35)21-15-24-26-19(14-18-10-6-7-11-22(18)30-26)23(12-13-25(32)17-8-4-3-5-9-17)31(24)27(33)20(21)16-36-28(29)34/h3-11,14-15,23,35H,2,12-13,16H2,1H3/t23?,29-/m0/s1. The maximum Gasteiger partial charge on any atom is 0.343 e. The highest BCUT2D eigenvalue weighted by Gasteiger charge is 2.46. The Labute approximate surface area is 207 Å². The number of cyclic esters (lactones) is 1. The molecule has 0 amide bonds. The zero-order valence-electron chi connectivity index (χ0n) is 19.7. The Morgan fingerprint density at radius 2 is 1.86 bits per heavy atom. The summed E-state index contributed by atoms with van der Waals surface area (Å²) in [5.41, 5.74) is 1.74. The molecular weight excluding hydrogens is 456 g/mol. The summed E-state index contributed by atoms with van der Waals surface area (Å²) in [7, 11) is 0. The fourth-order valence-electron chi connectivity index (χ4n) is 5.42. The summed E-state index contributed by atoms with van der Waals surface area (Å²) in [4.78, 5) is 44.1. The molecule has 2 aromatic heterocycles. The molecule has 4 aromatic rings. The number of rotatable bonds is 5. The second kappa shape index (κ2) is 8.24. The van der Waals surface area contributed by atoms with Crippen LogP contribution in [0.3, 0.4) is 0 Å². The van der Waals surface area contributed by atoms with Crippen LogP contribution in [-0.4, -0.2) is 26.4 Å². The van der Waals surface area contributed by atoms with Gasteiger partial charge in [-0.15, -0.1) is 0 Å². The van der Waals surface area contributed by atoms with Gasteiger partial charge in [0.05, 0.1) is 28.5 Å². The molecule has 4 heterocycles. The highest BCUT2D eigenvalue weighted by Crippen LogP contribution is 2.44. The third-order valence-electron chi connectivity index (χ3n) is 7.39. The maximum absolute atomic E-state index is 13.9. The predicted molar refractivity (Wildman–Crippen MR) is 134 cm³/mol. The first kappa shape index (κ1) is 22.4. The normalized spacial score (nSPS) is 19.9. The summed E-state index contributed by atoms with van der Waals surface area (Å²) in [5, 5.41) is 12.1. The van der Waals surface area contributed by atoms with Crippen molar-refractivity contribution in [3.63, 3.8) is 0 Å². The number of esters is 1. The molecule has 2 aliphatic heterocycles. The van der Waals surface area contributed by atoms with Gasteiger partial charge in [0.25, 0.3) is 5.56 Å². The fourth-order valence-corrected chi connectivity index (χ4v) is 5.42. The monoisotopic (exact) mass is 480 g/mol. The van der Waals surface area contributed by atoms with Gasteiger partial charge >= 0.3 is 5.97 Å². The van der Waals surface area contributed by atoms with Crippen molar-refractivity contribution in [2.45, 2.75) is 44.4 Å². The van der Waals surface area contributed by atoms with E-state index in [4.69, 9.17) is 9.72 Å². The van der Waals surface area contributed by atoms with Crippen LogP contribution in [0, 0.1) is 0 Å². The number of ether oxygens (including phenoxy) is 1. The molecule has 180 valence electrons. The van der Waals surface area contributed by atoms with Crippen molar-refractivity contribution >= 4 is 22.7 Å². The van der Waals surface area contributed by atoms with Crippen LogP contribution >= 0.6 is 0 Å². The second-order valence-corrected chi connectivity index (χ2v) is 9.35. The Morgan fingerprint density at radius 3 is 2.64 bits per heavy atom. The van der Waals surface area contributed by atoms with E-state index in [-0.39, 0.29) is 41.9 Å². The van der Waals surface area contributed by atoms with Gasteiger partial charge in [0.1, 0.15) is 6.61 Å². The van der Waals surface area contributed by atoms with Gasteiger partial charge in [-0.3, -0.25) is 14.2 Å². The number of hydrogen-bond acceptors (Lipinski definition) is 6. The molecule has 2 atom stereocenters. The lowest BCUT2D eigenvalue weighted by atomic mass is 9.86. The molecule has 0 saturated carbocycles. The van der Waals surface area contributed by atoms with Crippen molar-refractivity contribution in [2.24, 2.45) is 0 Å². The smallest absolute Gasteiger partial charge is 0.343 e. The molecule has 2 aromatic carbocycles. The van der Waals surface area contributed by atoms with Crippen LogP contribution in [0.5, 0.6) is 0 Å². The zero-order chi connectivity index (χ0) is 25.0. The largest absolute Gasteiger partial charge is 0.458 e. The number of nitrogens with zero attached hydrogens (tertiary/aromatic N) is 2. The minimum atomic E-state index is -1.89. The molecule has 0 spiro atoms. The number of Topliss-reactive ketones (excluding diaryl/α,β-unsaturated/α-hetero) is 1. The first-order valence-electron chi connectivity index (χ1n) is 12.1. The number of aromatic nitrogens is 2. The van der Waals surface area contributed by atoms with E-state index in [1.54, 1.807) is 29.7 Å². The number of benzene rings is 2. The Bertz CT molecular complexity index is 1610. The lowest BCUT2D eigenvalue weighted by Crippen LogP contribution is -2.44. The Balaban J connectivity index is 1.53. The van der Waals surface area contributed by atoms with E-state index in [0.29, 0.717) is 23.4 Å². The number of carbonyl (C=O) groups is 2. The number of fused-ring (bicyclic) bond motifs is 5. The molecular formula is C29H24N2O5. The summed E-state index contributed by atoms with van der Waals surface area (Å²) in [5.74, 6) is -0.754. The van der Waals surface area contributed by atoms with Gasteiger partial charge in [-0.2, -0.15) is 0 Å². The van der Waals surface area contributed by atoms with Crippen LogP contribution in [-0.2, 0) is 21.7 Å². The molecule has 7 heteroatoms. The van der Waals surface area contributed by atoms with Crippen LogP contribution in [0.15, 0.2) is 71.5 Å². The van der Waals surface area contributed by atoms with Crippen molar-refractivity contribution in [2.75, 3.05) is 0 Å². The van der Waals surface area contributed by atoms with E-state index in [1.807, 2.05) is 48.5 Å². The Kier molecular flexibility index (Phi) is 5.12. The van der Waals surface area contributed by atoms with E-state index in [1.165, 1.54) is 0 Å². The molecule has 0 bridgehead atoms. The molecule has 1 unspecified atom stereocenters. The number of ketones is 1. The third-order valence-corrected chi connectivity index (χ3v) is 7.39. The molecule has 6 rings (SSSR count). The van der Waals surface area contributed by atoms with Crippen molar-refractivity contribution in [3.8, 4) is 11.4 Å². The van der Waals surface area contributed by atoms with E-state index < -0.39 is 17.6 Å². The first-order valence-corrected chi connectivity index (χ1v) is 12.1. The van der Waals surface area contributed by atoms with Gasteiger partial charge in [0.2, 0.25) is 0 Å².